The van der Waals surface area contributed by atoms with Crippen LogP contribution in [0.4, 0.5) is 5.69 Å². The van der Waals surface area contributed by atoms with Crippen LogP contribution in [0.2, 0.25) is 0 Å². The zero-order valence-corrected chi connectivity index (χ0v) is 16.4. The van der Waals surface area contributed by atoms with Crippen LogP contribution < -0.4 is 5.32 Å². The predicted molar refractivity (Wildman–Crippen MR) is 107 cm³/mol. The van der Waals surface area contributed by atoms with E-state index in [2.05, 4.69) is 51.2 Å². The standard InChI is InChI=1S/C22H36N2/c1-6-8-9-10-17(7-2)19-11-12-20(23-5)21(24-19)18-13-15-22(3,4)16-14-18/h11-13,17,23H,6-10,14-16H2,1-5H3. The van der Waals surface area contributed by atoms with Crippen molar-refractivity contribution in [2.24, 2.45) is 5.41 Å². The maximum Gasteiger partial charge on any atom is 0.0893 e. The second-order valence-corrected chi connectivity index (χ2v) is 8.08. The lowest BCUT2D eigenvalue weighted by molar-refractivity contribution is 0.334. The highest BCUT2D eigenvalue weighted by Crippen LogP contribution is 2.39. The number of hydrogen-bond donors (Lipinski definition) is 1. The van der Waals surface area contributed by atoms with Gasteiger partial charge in [0, 0.05) is 18.7 Å². The molecule has 1 aliphatic rings. The molecule has 1 heterocycles. The number of hydrogen-bond acceptors (Lipinski definition) is 2. The van der Waals surface area contributed by atoms with Gasteiger partial charge in [-0.05, 0) is 55.2 Å². The van der Waals surface area contributed by atoms with Crippen LogP contribution in [0.15, 0.2) is 18.2 Å². The first-order valence-electron chi connectivity index (χ1n) is 9.88. The van der Waals surface area contributed by atoms with E-state index in [4.69, 9.17) is 4.98 Å². The van der Waals surface area contributed by atoms with Crippen molar-refractivity contribution < 1.29 is 0 Å². The Morgan fingerprint density at radius 1 is 1.21 bits per heavy atom. The zero-order valence-electron chi connectivity index (χ0n) is 16.4. The summed E-state index contributed by atoms with van der Waals surface area (Å²) < 4.78 is 0. The molecule has 0 saturated carbocycles. The predicted octanol–water partition coefficient (Wildman–Crippen LogP) is 6.79. The van der Waals surface area contributed by atoms with Crippen LogP contribution >= 0.6 is 0 Å². The zero-order chi connectivity index (χ0) is 17.6. The van der Waals surface area contributed by atoms with E-state index in [0.717, 1.165) is 12.8 Å². The Bertz CT molecular complexity index is 557. The Labute approximate surface area is 149 Å². The van der Waals surface area contributed by atoms with E-state index in [9.17, 15) is 0 Å². The van der Waals surface area contributed by atoms with Crippen LogP contribution in [-0.2, 0) is 0 Å². The average Bonchev–Trinajstić information content (AvgIpc) is 2.58. The highest BCUT2D eigenvalue weighted by atomic mass is 14.9. The van der Waals surface area contributed by atoms with Crippen LogP contribution in [-0.4, -0.2) is 12.0 Å². The van der Waals surface area contributed by atoms with Crippen molar-refractivity contribution >= 4 is 11.3 Å². The van der Waals surface area contributed by atoms with Gasteiger partial charge in [0.2, 0.25) is 0 Å². The highest BCUT2D eigenvalue weighted by Gasteiger charge is 2.24. The molecule has 2 nitrogen and oxygen atoms in total. The van der Waals surface area contributed by atoms with Crippen LogP contribution in [0.5, 0.6) is 0 Å². The summed E-state index contributed by atoms with van der Waals surface area (Å²) >= 11 is 0. The van der Waals surface area contributed by atoms with E-state index in [0.29, 0.717) is 11.3 Å². The average molecular weight is 329 g/mol. The highest BCUT2D eigenvalue weighted by molar-refractivity contribution is 5.74. The lowest BCUT2D eigenvalue weighted by Crippen LogP contribution is -2.15. The van der Waals surface area contributed by atoms with Gasteiger partial charge in [-0.2, -0.15) is 0 Å². The molecule has 1 unspecified atom stereocenters. The van der Waals surface area contributed by atoms with E-state index in [-0.39, 0.29) is 0 Å². The number of nitrogens with one attached hydrogen (secondary N) is 1. The molecule has 1 atom stereocenters. The molecule has 2 rings (SSSR count). The summed E-state index contributed by atoms with van der Waals surface area (Å²) in [6, 6.07) is 4.48. The Hall–Kier alpha value is -1.31. The molecule has 1 aliphatic carbocycles. The van der Waals surface area contributed by atoms with E-state index in [1.807, 2.05) is 7.05 Å². The second-order valence-electron chi connectivity index (χ2n) is 8.08. The molecule has 0 saturated heterocycles. The van der Waals surface area contributed by atoms with Gasteiger partial charge >= 0.3 is 0 Å². The monoisotopic (exact) mass is 328 g/mol. The van der Waals surface area contributed by atoms with Gasteiger partial charge in [0.15, 0.2) is 0 Å². The summed E-state index contributed by atoms with van der Waals surface area (Å²) in [6.45, 7) is 9.30. The van der Waals surface area contributed by atoms with Crippen molar-refractivity contribution in [3.63, 3.8) is 0 Å². The first-order chi connectivity index (χ1) is 11.5. The summed E-state index contributed by atoms with van der Waals surface area (Å²) in [6.07, 6.45) is 12.4. The van der Waals surface area contributed by atoms with Crippen molar-refractivity contribution in [2.75, 3.05) is 12.4 Å². The van der Waals surface area contributed by atoms with Gasteiger partial charge in [0.05, 0.1) is 11.4 Å². The normalized spacial score (nSPS) is 18.1. The van der Waals surface area contributed by atoms with Crippen molar-refractivity contribution in [1.82, 2.24) is 4.98 Å². The lowest BCUT2D eigenvalue weighted by atomic mass is 9.77. The first kappa shape index (κ1) is 19.0. The second kappa shape index (κ2) is 8.69. The van der Waals surface area contributed by atoms with E-state index in [1.54, 1.807) is 0 Å². The van der Waals surface area contributed by atoms with Gasteiger partial charge in [0.1, 0.15) is 0 Å². The molecular formula is C22H36N2. The fraction of sp³-hybridized carbons (Fsp3) is 0.682. The number of aromatic nitrogens is 1. The summed E-state index contributed by atoms with van der Waals surface area (Å²) in [5.41, 5.74) is 5.53. The van der Waals surface area contributed by atoms with Crippen molar-refractivity contribution in [2.45, 2.75) is 85.0 Å². The largest absolute Gasteiger partial charge is 0.386 e. The van der Waals surface area contributed by atoms with E-state index in [1.165, 1.54) is 61.2 Å². The van der Waals surface area contributed by atoms with Gasteiger partial charge < -0.3 is 5.32 Å². The maximum atomic E-state index is 5.13. The minimum Gasteiger partial charge on any atom is -0.386 e. The molecule has 134 valence electrons. The summed E-state index contributed by atoms with van der Waals surface area (Å²) in [7, 11) is 2.01. The van der Waals surface area contributed by atoms with Gasteiger partial charge in [-0.1, -0.05) is 53.0 Å². The van der Waals surface area contributed by atoms with Crippen LogP contribution in [0.25, 0.3) is 5.57 Å². The molecule has 1 aromatic heterocycles. The Morgan fingerprint density at radius 3 is 2.58 bits per heavy atom. The number of nitrogens with zero attached hydrogens (tertiary/aromatic N) is 1. The molecule has 2 heteroatoms. The third-order valence-electron chi connectivity index (χ3n) is 5.53. The fourth-order valence-electron chi connectivity index (χ4n) is 3.64. The van der Waals surface area contributed by atoms with Crippen molar-refractivity contribution in [3.8, 4) is 0 Å². The minimum atomic E-state index is 0.438. The lowest BCUT2D eigenvalue weighted by Gasteiger charge is -2.29. The molecule has 0 bridgehead atoms. The molecule has 0 radical (unpaired) electrons. The third-order valence-corrected chi connectivity index (χ3v) is 5.53. The molecule has 0 aliphatic heterocycles. The molecule has 0 amide bonds. The minimum absolute atomic E-state index is 0.438. The summed E-state index contributed by atoms with van der Waals surface area (Å²) in [5.74, 6) is 0.599. The number of allylic oxidation sites excluding steroid dienone is 2. The number of anilines is 1. The molecule has 1 aromatic rings. The number of rotatable bonds is 8. The first-order valence-corrected chi connectivity index (χ1v) is 9.88. The number of pyridine rings is 1. The molecule has 0 spiro atoms. The molecule has 1 N–H and O–H groups in total. The van der Waals surface area contributed by atoms with Gasteiger partial charge in [0.25, 0.3) is 0 Å². The van der Waals surface area contributed by atoms with E-state index >= 15 is 0 Å². The van der Waals surface area contributed by atoms with Crippen LogP contribution in [0.1, 0.15) is 96.4 Å². The molecule has 0 aromatic carbocycles. The summed E-state index contributed by atoms with van der Waals surface area (Å²) in [4.78, 5) is 5.13. The van der Waals surface area contributed by atoms with Crippen molar-refractivity contribution in [3.05, 3.63) is 29.6 Å². The van der Waals surface area contributed by atoms with Gasteiger partial charge in [-0.15, -0.1) is 0 Å². The molecular weight excluding hydrogens is 292 g/mol. The fourth-order valence-corrected chi connectivity index (χ4v) is 3.64. The van der Waals surface area contributed by atoms with Crippen LogP contribution in [0.3, 0.4) is 0 Å². The Kier molecular flexibility index (Phi) is 6.89. The SMILES string of the molecule is CCCCCC(CC)c1ccc(NC)c(C2=CCC(C)(C)CC2)n1. The number of unbranched alkanes of at least 4 members (excludes halogenated alkanes) is 2. The van der Waals surface area contributed by atoms with E-state index < -0.39 is 0 Å². The van der Waals surface area contributed by atoms with Gasteiger partial charge in [-0.3, -0.25) is 4.98 Å². The Balaban J connectivity index is 2.25. The quantitative estimate of drug-likeness (QED) is 0.531. The smallest absolute Gasteiger partial charge is 0.0893 e. The Morgan fingerprint density at radius 2 is 2.00 bits per heavy atom. The maximum absolute atomic E-state index is 5.13. The topological polar surface area (TPSA) is 24.9 Å². The summed E-state index contributed by atoms with van der Waals surface area (Å²) in [5, 5.41) is 3.35. The molecule has 0 fully saturated rings. The van der Waals surface area contributed by atoms with Crippen molar-refractivity contribution in [1.29, 1.82) is 0 Å². The third kappa shape index (κ3) is 4.84. The van der Waals surface area contributed by atoms with Gasteiger partial charge in [-0.25, -0.2) is 0 Å². The molecule has 24 heavy (non-hydrogen) atoms. The van der Waals surface area contributed by atoms with Crippen LogP contribution in [0, 0.1) is 5.41 Å².